The van der Waals surface area contributed by atoms with Gasteiger partial charge in [-0.2, -0.15) is 0 Å². The normalized spacial score (nSPS) is 22.4. The fourth-order valence-electron chi connectivity index (χ4n) is 2.79. The van der Waals surface area contributed by atoms with E-state index in [9.17, 15) is 4.79 Å². The molecule has 0 spiro atoms. The maximum Gasteiger partial charge on any atom is 0.247 e. The molecular weight excluding hydrogens is 212 g/mol. The molecule has 0 bridgehead atoms. The van der Waals surface area contributed by atoms with E-state index >= 15 is 0 Å². The average Bonchev–Trinajstić information content (AvgIpc) is 2.78. The molecule has 0 saturated carbocycles. The summed E-state index contributed by atoms with van der Waals surface area (Å²) in [5, 5.41) is 3.02. The zero-order chi connectivity index (χ0) is 12.0. The molecule has 17 heavy (non-hydrogen) atoms. The Hall–Kier alpha value is -1.51. The molecule has 3 rings (SSSR count). The van der Waals surface area contributed by atoms with Crippen molar-refractivity contribution < 1.29 is 4.79 Å². The molecule has 1 atom stereocenters. The van der Waals surface area contributed by atoms with E-state index in [1.807, 2.05) is 6.07 Å². The zero-order valence-electron chi connectivity index (χ0n) is 10.4. The number of rotatable bonds is 1. The third-order valence-corrected chi connectivity index (χ3v) is 3.81. The van der Waals surface area contributed by atoms with Gasteiger partial charge in [0, 0.05) is 6.54 Å². The molecule has 2 aliphatic heterocycles. The standard InChI is InChI=1S/C14H18N2O/c1-9(2)10-5-6-11-13(8-10)16-7-3-4-12(16)14(17)15-11/h5-6,8-9,12H,3-4,7H2,1-2H3,(H,15,17). The van der Waals surface area contributed by atoms with Crippen molar-refractivity contribution in [1.82, 2.24) is 0 Å². The van der Waals surface area contributed by atoms with E-state index in [1.165, 1.54) is 11.3 Å². The number of anilines is 2. The van der Waals surface area contributed by atoms with Crippen LogP contribution in [0.3, 0.4) is 0 Å². The second kappa shape index (κ2) is 3.76. The monoisotopic (exact) mass is 230 g/mol. The van der Waals surface area contributed by atoms with Gasteiger partial charge in [0.2, 0.25) is 5.91 Å². The van der Waals surface area contributed by atoms with Crippen LogP contribution in [-0.4, -0.2) is 18.5 Å². The van der Waals surface area contributed by atoms with Crippen molar-refractivity contribution in [2.45, 2.75) is 38.6 Å². The Bertz CT molecular complexity index is 467. The number of nitrogens with one attached hydrogen (secondary N) is 1. The Balaban J connectivity index is 2.06. The van der Waals surface area contributed by atoms with Crippen molar-refractivity contribution >= 4 is 17.3 Å². The minimum atomic E-state index is 0.0601. The molecule has 0 aromatic heterocycles. The molecule has 1 aromatic carbocycles. The molecule has 1 saturated heterocycles. The van der Waals surface area contributed by atoms with Gasteiger partial charge in [0.25, 0.3) is 0 Å². The Labute approximate surface area is 102 Å². The topological polar surface area (TPSA) is 32.3 Å². The van der Waals surface area contributed by atoms with Crippen LogP contribution in [0.1, 0.15) is 38.2 Å². The van der Waals surface area contributed by atoms with E-state index < -0.39 is 0 Å². The van der Waals surface area contributed by atoms with Gasteiger partial charge in [-0.15, -0.1) is 0 Å². The second-order valence-corrected chi connectivity index (χ2v) is 5.27. The summed E-state index contributed by atoms with van der Waals surface area (Å²) in [4.78, 5) is 14.2. The summed E-state index contributed by atoms with van der Waals surface area (Å²) in [5.74, 6) is 0.686. The molecule has 0 radical (unpaired) electrons. The van der Waals surface area contributed by atoms with E-state index in [-0.39, 0.29) is 11.9 Å². The van der Waals surface area contributed by atoms with Crippen LogP contribution in [0.4, 0.5) is 11.4 Å². The highest BCUT2D eigenvalue weighted by Gasteiger charge is 2.36. The second-order valence-electron chi connectivity index (χ2n) is 5.27. The van der Waals surface area contributed by atoms with Crippen molar-refractivity contribution in [3.05, 3.63) is 23.8 Å². The van der Waals surface area contributed by atoms with Crippen molar-refractivity contribution in [3.8, 4) is 0 Å². The van der Waals surface area contributed by atoms with E-state index in [2.05, 4.69) is 36.2 Å². The molecule has 3 nitrogen and oxygen atoms in total. The summed E-state index contributed by atoms with van der Waals surface area (Å²) in [5.41, 5.74) is 3.52. The summed E-state index contributed by atoms with van der Waals surface area (Å²) in [7, 11) is 0. The van der Waals surface area contributed by atoms with Crippen LogP contribution < -0.4 is 10.2 Å². The van der Waals surface area contributed by atoms with Crippen LogP contribution in [0.2, 0.25) is 0 Å². The molecule has 2 heterocycles. The van der Waals surface area contributed by atoms with E-state index in [0.717, 1.165) is 25.1 Å². The molecule has 0 aliphatic carbocycles. The molecule has 90 valence electrons. The van der Waals surface area contributed by atoms with Gasteiger partial charge in [-0.3, -0.25) is 4.79 Å². The minimum absolute atomic E-state index is 0.0601. The van der Waals surface area contributed by atoms with Crippen LogP contribution in [-0.2, 0) is 4.79 Å². The highest BCUT2D eigenvalue weighted by atomic mass is 16.2. The summed E-state index contributed by atoms with van der Waals surface area (Å²) in [6.07, 6.45) is 2.10. The Morgan fingerprint density at radius 2 is 2.24 bits per heavy atom. The van der Waals surface area contributed by atoms with Crippen LogP contribution >= 0.6 is 0 Å². The molecule has 1 fully saturated rings. The Morgan fingerprint density at radius 1 is 1.41 bits per heavy atom. The third kappa shape index (κ3) is 1.61. The van der Waals surface area contributed by atoms with Crippen LogP contribution in [0, 0.1) is 0 Å². The van der Waals surface area contributed by atoms with Crippen LogP contribution in [0.15, 0.2) is 18.2 Å². The number of hydrogen-bond donors (Lipinski definition) is 1. The molecular formula is C14H18N2O. The lowest BCUT2D eigenvalue weighted by atomic mass is 10.00. The van der Waals surface area contributed by atoms with Crippen molar-refractivity contribution in [1.29, 1.82) is 0 Å². The van der Waals surface area contributed by atoms with Gasteiger partial charge in [-0.1, -0.05) is 19.9 Å². The van der Waals surface area contributed by atoms with Crippen molar-refractivity contribution in [3.63, 3.8) is 0 Å². The maximum absolute atomic E-state index is 11.9. The number of hydrogen-bond acceptors (Lipinski definition) is 2. The first-order valence-electron chi connectivity index (χ1n) is 6.38. The summed E-state index contributed by atoms with van der Waals surface area (Å²) in [6, 6.07) is 6.44. The number of amides is 1. The fraction of sp³-hybridized carbons (Fsp3) is 0.500. The molecule has 1 aromatic rings. The molecule has 1 N–H and O–H groups in total. The first-order valence-corrected chi connectivity index (χ1v) is 6.38. The molecule has 3 heteroatoms. The quantitative estimate of drug-likeness (QED) is 0.804. The lowest BCUT2D eigenvalue weighted by Gasteiger charge is -2.33. The number of carbonyl (C=O) groups is 1. The van der Waals surface area contributed by atoms with E-state index in [1.54, 1.807) is 0 Å². The first kappa shape index (κ1) is 10.6. The van der Waals surface area contributed by atoms with Crippen molar-refractivity contribution in [2.24, 2.45) is 0 Å². The first-order chi connectivity index (χ1) is 8.16. The number of carbonyl (C=O) groups excluding carboxylic acids is 1. The zero-order valence-corrected chi connectivity index (χ0v) is 10.4. The van der Waals surface area contributed by atoms with Gasteiger partial charge in [-0.25, -0.2) is 0 Å². The lowest BCUT2D eigenvalue weighted by molar-refractivity contribution is -0.117. The SMILES string of the molecule is CC(C)c1ccc2c(c1)N1CCCC1C(=O)N2. The van der Waals surface area contributed by atoms with Gasteiger partial charge in [0.1, 0.15) is 6.04 Å². The van der Waals surface area contributed by atoms with Crippen molar-refractivity contribution in [2.75, 3.05) is 16.8 Å². The lowest BCUT2D eigenvalue weighted by Crippen LogP contribution is -2.43. The summed E-state index contributed by atoms with van der Waals surface area (Å²) < 4.78 is 0. The predicted molar refractivity (Wildman–Crippen MR) is 69.5 cm³/mol. The Morgan fingerprint density at radius 3 is 3.00 bits per heavy atom. The van der Waals surface area contributed by atoms with Gasteiger partial charge in [0.15, 0.2) is 0 Å². The van der Waals surface area contributed by atoms with E-state index in [0.29, 0.717) is 5.92 Å². The minimum Gasteiger partial charge on any atom is -0.358 e. The van der Waals surface area contributed by atoms with E-state index in [4.69, 9.17) is 0 Å². The summed E-state index contributed by atoms with van der Waals surface area (Å²) in [6.45, 7) is 5.40. The number of nitrogens with zero attached hydrogens (tertiary/aromatic N) is 1. The predicted octanol–water partition coefficient (Wildman–Crippen LogP) is 2.73. The average molecular weight is 230 g/mol. The largest absolute Gasteiger partial charge is 0.358 e. The Kier molecular flexibility index (Phi) is 2.35. The fourth-order valence-corrected chi connectivity index (χ4v) is 2.79. The molecule has 2 aliphatic rings. The van der Waals surface area contributed by atoms with Gasteiger partial charge in [0.05, 0.1) is 11.4 Å². The summed E-state index contributed by atoms with van der Waals surface area (Å²) >= 11 is 0. The third-order valence-electron chi connectivity index (χ3n) is 3.81. The van der Waals surface area contributed by atoms with Gasteiger partial charge < -0.3 is 10.2 Å². The van der Waals surface area contributed by atoms with Crippen LogP contribution in [0.25, 0.3) is 0 Å². The smallest absolute Gasteiger partial charge is 0.247 e. The van der Waals surface area contributed by atoms with Gasteiger partial charge >= 0.3 is 0 Å². The highest BCUT2D eigenvalue weighted by Crippen LogP contribution is 2.38. The molecule has 1 unspecified atom stereocenters. The number of benzene rings is 1. The van der Waals surface area contributed by atoms with Gasteiger partial charge in [-0.05, 0) is 36.5 Å². The highest BCUT2D eigenvalue weighted by molar-refractivity contribution is 6.04. The molecule has 1 amide bonds. The number of fused-ring (bicyclic) bond motifs is 3. The van der Waals surface area contributed by atoms with Crippen LogP contribution in [0.5, 0.6) is 0 Å². The maximum atomic E-state index is 11.9.